The van der Waals surface area contributed by atoms with E-state index in [4.69, 9.17) is 4.74 Å². The molecule has 3 aromatic rings. The Kier molecular flexibility index (Phi) is 10.2. The summed E-state index contributed by atoms with van der Waals surface area (Å²) in [5.41, 5.74) is 4.20. The lowest BCUT2D eigenvalue weighted by molar-refractivity contribution is -0.143. The second-order valence-corrected chi connectivity index (χ2v) is 11.0. The van der Waals surface area contributed by atoms with Crippen molar-refractivity contribution in [3.05, 3.63) is 101 Å². The zero-order valence-corrected chi connectivity index (χ0v) is 23.6. The number of carbonyl (C=O) groups excluding carboxylic acids is 2. The summed E-state index contributed by atoms with van der Waals surface area (Å²) in [4.78, 5) is 29.6. The number of hydrogen-bond acceptors (Lipinski definition) is 3. The van der Waals surface area contributed by atoms with Crippen LogP contribution in [0, 0.1) is 6.92 Å². The molecule has 0 radical (unpaired) electrons. The first-order valence-corrected chi connectivity index (χ1v) is 14.3. The van der Waals surface area contributed by atoms with Crippen molar-refractivity contribution < 1.29 is 14.3 Å². The summed E-state index contributed by atoms with van der Waals surface area (Å²) in [6.07, 6.45) is 5.90. The smallest absolute Gasteiger partial charge is 0.261 e. The third kappa shape index (κ3) is 7.95. The molecule has 4 rings (SSSR count). The Morgan fingerprint density at radius 1 is 0.897 bits per heavy atom. The van der Waals surface area contributed by atoms with E-state index < -0.39 is 6.04 Å². The first-order chi connectivity index (χ1) is 18.9. The Labute approximate surface area is 233 Å². The molecule has 1 unspecified atom stereocenters. The predicted octanol–water partition coefficient (Wildman–Crippen LogP) is 6.59. The summed E-state index contributed by atoms with van der Waals surface area (Å²) < 4.78 is 6.12. The van der Waals surface area contributed by atoms with Gasteiger partial charge < -0.3 is 15.0 Å². The number of hydrogen-bond donors (Lipinski definition) is 1. The van der Waals surface area contributed by atoms with Crippen molar-refractivity contribution in [1.29, 1.82) is 0 Å². The van der Waals surface area contributed by atoms with Crippen molar-refractivity contribution in [3.63, 3.8) is 0 Å². The number of aryl methyl sites for hydroxylation is 1. The number of amides is 2. The van der Waals surface area contributed by atoms with Crippen molar-refractivity contribution in [2.45, 2.75) is 83.8 Å². The van der Waals surface area contributed by atoms with E-state index in [9.17, 15) is 9.59 Å². The van der Waals surface area contributed by atoms with Crippen molar-refractivity contribution >= 4 is 11.8 Å². The summed E-state index contributed by atoms with van der Waals surface area (Å²) >= 11 is 0. The molecule has 2 amide bonds. The average Bonchev–Trinajstić information content (AvgIpc) is 2.95. The minimum absolute atomic E-state index is 0.0877. The largest absolute Gasteiger partial charge is 0.483 e. The van der Waals surface area contributed by atoms with Gasteiger partial charge in [-0.2, -0.15) is 0 Å². The van der Waals surface area contributed by atoms with Gasteiger partial charge >= 0.3 is 0 Å². The highest BCUT2D eigenvalue weighted by atomic mass is 16.5. The molecule has 206 valence electrons. The van der Waals surface area contributed by atoms with Crippen LogP contribution in [0.15, 0.2) is 78.9 Å². The Morgan fingerprint density at radius 3 is 2.28 bits per heavy atom. The monoisotopic (exact) mass is 526 g/mol. The molecule has 0 heterocycles. The van der Waals surface area contributed by atoms with E-state index in [1.807, 2.05) is 85.8 Å². The molecule has 1 N–H and O–H groups in total. The van der Waals surface area contributed by atoms with Gasteiger partial charge in [-0.15, -0.1) is 0 Å². The molecule has 1 fully saturated rings. The average molecular weight is 527 g/mol. The molecule has 1 aliphatic carbocycles. The summed E-state index contributed by atoms with van der Waals surface area (Å²) in [6.45, 7) is 6.48. The molecule has 5 nitrogen and oxygen atoms in total. The topological polar surface area (TPSA) is 58.6 Å². The van der Waals surface area contributed by atoms with Crippen LogP contribution >= 0.6 is 0 Å². The molecular weight excluding hydrogens is 484 g/mol. The first kappa shape index (κ1) is 28.4. The fraction of sp³-hybridized carbons (Fsp3) is 0.412. The quantitative estimate of drug-likeness (QED) is 0.307. The number of benzene rings is 3. The number of nitrogens with one attached hydrogen (secondary N) is 1. The van der Waals surface area contributed by atoms with Crippen LogP contribution in [0.25, 0.3) is 0 Å². The highest BCUT2D eigenvalue weighted by Crippen LogP contribution is 2.26. The van der Waals surface area contributed by atoms with E-state index in [0.717, 1.165) is 47.9 Å². The van der Waals surface area contributed by atoms with Gasteiger partial charge in [0, 0.05) is 19.0 Å². The Morgan fingerprint density at radius 2 is 1.56 bits per heavy atom. The van der Waals surface area contributed by atoms with Gasteiger partial charge in [-0.25, -0.2) is 0 Å². The fourth-order valence-corrected chi connectivity index (χ4v) is 5.38. The van der Waals surface area contributed by atoms with Gasteiger partial charge in [0.25, 0.3) is 5.91 Å². The molecule has 1 atom stereocenters. The summed E-state index contributed by atoms with van der Waals surface area (Å²) in [7, 11) is 0. The van der Waals surface area contributed by atoms with Crippen LogP contribution < -0.4 is 10.1 Å². The van der Waals surface area contributed by atoms with Crippen LogP contribution in [0.5, 0.6) is 5.75 Å². The van der Waals surface area contributed by atoms with Gasteiger partial charge in [0.2, 0.25) is 5.91 Å². The maximum atomic E-state index is 14.0. The maximum absolute atomic E-state index is 14.0. The molecule has 3 aromatic carbocycles. The highest BCUT2D eigenvalue weighted by Gasteiger charge is 2.32. The van der Waals surface area contributed by atoms with Gasteiger partial charge in [-0.3, -0.25) is 9.59 Å². The van der Waals surface area contributed by atoms with Gasteiger partial charge in [-0.1, -0.05) is 106 Å². The van der Waals surface area contributed by atoms with E-state index in [-0.39, 0.29) is 30.4 Å². The van der Waals surface area contributed by atoms with Crippen molar-refractivity contribution in [2.75, 3.05) is 6.61 Å². The van der Waals surface area contributed by atoms with E-state index in [1.165, 1.54) is 6.42 Å². The molecule has 1 aliphatic rings. The number of nitrogens with zero attached hydrogens (tertiary/aromatic N) is 1. The molecule has 0 aliphatic heterocycles. The summed E-state index contributed by atoms with van der Waals surface area (Å²) in [5.74, 6) is 0.696. The molecule has 1 saturated carbocycles. The molecule has 0 bridgehead atoms. The third-order valence-electron chi connectivity index (χ3n) is 7.72. The van der Waals surface area contributed by atoms with Crippen LogP contribution in [0.4, 0.5) is 0 Å². The maximum Gasteiger partial charge on any atom is 0.261 e. The Bertz CT molecular complexity index is 1220. The molecule has 39 heavy (non-hydrogen) atoms. The van der Waals surface area contributed by atoms with Crippen LogP contribution in [0.3, 0.4) is 0 Å². The minimum atomic E-state index is -0.648. The van der Waals surface area contributed by atoms with Gasteiger partial charge in [0.1, 0.15) is 11.8 Å². The van der Waals surface area contributed by atoms with E-state index >= 15 is 0 Å². The molecular formula is C34H42N2O3. The van der Waals surface area contributed by atoms with Gasteiger partial charge in [0.15, 0.2) is 6.61 Å². The second-order valence-electron chi connectivity index (χ2n) is 11.0. The zero-order chi connectivity index (χ0) is 27.6. The van der Waals surface area contributed by atoms with Crippen LogP contribution in [-0.2, 0) is 22.6 Å². The predicted molar refractivity (Wildman–Crippen MR) is 157 cm³/mol. The standard InChI is InChI=1S/C34H42N2O3/c1-25(2)30-20-12-13-21-32(30)39-24-33(37)36(23-28-17-11-10-14-26(28)3)31(22-27-15-6-4-7-16-27)34(38)35-29-18-8-5-9-19-29/h4,6-7,10-17,20-21,25,29,31H,5,8-9,18-19,22-24H2,1-3H3,(H,35,38). The summed E-state index contributed by atoms with van der Waals surface area (Å²) in [5, 5.41) is 3.30. The minimum Gasteiger partial charge on any atom is -0.483 e. The first-order valence-electron chi connectivity index (χ1n) is 14.3. The van der Waals surface area contributed by atoms with E-state index in [0.29, 0.717) is 18.7 Å². The van der Waals surface area contributed by atoms with Crippen LogP contribution in [0.1, 0.15) is 74.1 Å². The fourth-order valence-electron chi connectivity index (χ4n) is 5.38. The van der Waals surface area contributed by atoms with Crippen molar-refractivity contribution in [2.24, 2.45) is 0 Å². The lowest BCUT2D eigenvalue weighted by Gasteiger charge is -2.34. The van der Waals surface area contributed by atoms with Crippen molar-refractivity contribution in [1.82, 2.24) is 10.2 Å². The normalized spacial score (nSPS) is 14.6. The zero-order valence-electron chi connectivity index (χ0n) is 23.6. The van der Waals surface area contributed by atoms with E-state index in [1.54, 1.807) is 4.90 Å². The number of ether oxygens (including phenoxy) is 1. The lowest BCUT2D eigenvalue weighted by atomic mass is 9.94. The number of para-hydroxylation sites is 1. The van der Waals surface area contributed by atoms with Crippen molar-refractivity contribution in [3.8, 4) is 5.75 Å². The highest BCUT2D eigenvalue weighted by molar-refractivity contribution is 5.88. The Balaban J connectivity index is 1.63. The summed E-state index contributed by atoms with van der Waals surface area (Å²) in [6, 6.07) is 25.4. The SMILES string of the molecule is Cc1ccccc1CN(C(=O)COc1ccccc1C(C)C)C(Cc1ccccc1)C(=O)NC1CCCCC1. The van der Waals surface area contributed by atoms with Gasteiger partial charge in [0.05, 0.1) is 0 Å². The molecule has 0 aromatic heterocycles. The van der Waals surface area contributed by atoms with Crippen LogP contribution in [0.2, 0.25) is 0 Å². The van der Waals surface area contributed by atoms with E-state index in [2.05, 4.69) is 19.2 Å². The molecule has 5 heteroatoms. The number of rotatable bonds is 11. The number of carbonyl (C=O) groups is 2. The van der Waals surface area contributed by atoms with Crippen LogP contribution in [-0.4, -0.2) is 35.4 Å². The van der Waals surface area contributed by atoms with Gasteiger partial charge in [-0.05, 0) is 54.0 Å². The molecule has 0 spiro atoms. The Hall–Kier alpha value is -3.60. The third-order valence-corrected chi connectivity index (χ3v) is 7.72. The molecule has 0 saturated heterocycles. The second kappa shape index (κ2) is 14.0. The lowest BCUT2D eigenvalue weighted by Crippen LogP contribution is -2.53.